The number of carbonyl (C=O) groups excluding carboxylic acids is 1. The Bertz CT molecular complexity index is 450. The van der Waals surface area contributed by atoms with Gasteiger partial charge < -0.3 is 0 Å². The van der Waals surface area contributed by atoms with Crippen LogP contribution in [0.2, 0.25) is 0 Å². The molecule has 0 unspecified atom stereocenters. The SMILES string of the molecule is Cc1ccc(CC#N)c(C=O)c1C#N. The highest BCUT2D eigenvalue weighted by atomic mass is 16.1. The average Bonchev–Trinajstić information content (AvgIpc) is 2.20. The van der Waals surface area contributed by atoms with Crippen LogP contribution in [0.5, 0.6) is 0 Å². The van der Waals surface area contributed by atoms with Crippen molar-refractivity contribution in [3.8, 4) is 12.1 Å². The highest BCUT2D eigenvalue weighted by molar-refractivity contribution is 5.82. The summed E-state index contributed by atoms with van der Waals surface area (Å²) in [5.74, 6) is 0. The van der Waals surface area contributed by atoms with Gasteiger partial charge in [0.2, 0.25) is 0 Å². The van der Waals surface area contributed by atoms with E-state index in [1.807, 2.05) is 12.1 Å². The van der Waals surface area contributed by atoms with Crippen molar-refractivity contribution in [1.29, 1.82) is 10.5 Å². The van der Waals surface area contributed by atoms with E-state index in [1.165, 1.54) is 0 Å². The second-order valence-electron chi connectivity index (χ2n) is 2.89. The first-order chi connectivity index (χ1) is 6.74. The van der Waals surface area contributed by atoms with Crippen molar-refractivity contribution in [2.45, 2.75) is 13.3 Å². The molecule has 0 aliphatic carbocycles. The molecule has 0 radical (unpaired) electrons. The van der Waals surface area contributed by atoms with Crippen LogP contribution in [-0.2, 0) is 6.42 Å². The van der Waals surface area contributed by atoms with Gasteiger partial charge >= 0.3 is 0 Å². The fourth-order valence-electron chi connectivity index (χ4n) is 1.29. The van der Waals surface area contributed by atoms with E-state index >= 15 is 0 Å². The fraction of sp³-hybridized carbons (Fsp3) is 0.182. The summed E-state index contributed by atoms with van der Waals surface area (Å²) in [4.78, 5) is 10.8. The van der Waals surface area contributed by atoms with Crippen LogP contribution in [0.4, 0.5) is 0 Å². The molecule has 1 aromatic rings. The molecule has 14 heavy (non-hydrogen) atoms. The molecule has 0 atom stereocenters. The number of nitriles is 2. The molecule has 0 aromatic heterocycles. The van der Waals surface area contributed by atoms with Gasteiger partial charge in [0.05, 0.1) is 18.1 Å². The van der Waals surface area contributed by atoms with Crippen LogP contribution in [0.15, 0.2) is 12.1 Å². The van der Waals surface area contributed by atoms with Gasteiger partial charge in [0.25, 0.3) is 0 Å². The van der Waals surface area contributed by atoms with E-state index in [0.717, 1.165) is 5.56 Å². The second kappa shape index (κ2) is 4.20. The summed E-state index contributed by atoms with van der Waals surface area (Å²) in [6, 6.07) is 7.39. The lowest BCUT2D eigenvalue weighted by atomic mass is 9.97. The first-order valence-electron chi connectivity index (χ1n) is 4.09. The third-order valence-corrected chi connectivity index (χ3v) is 2.04. The Morgan fingerprint density at radius 1 is 1.43 bits per heavy atom. The highest BCUT2D eigenvalue weighted by Gasteiger charge is 2.09. The zero-order valence-corrected chi connectivity index (χ0v) is 7.74. The maximum Gasteiger partial charge on any atom is 0.151 e. The molecule has 0 heterocycles. The summed E-state index contributed by atoms with van der Waals surface area (Å²) >= 11 is 0. The van der Waals surface area contributed by atoms with Crippen molar-refractivity contribution in [3.63, 3.8) is 0 Å². The molecule has 3 heteroatoms. The maximum absolute atomic E-state index is 10.8. The van der Waals surface area contributed by atoms with Gasteiger partial charge in [-0.2, -0.15) is 10.5 Å². The topological polar surface area (TPSA) is 64.7 Å². The van der Waals surface area contributed by atoms with E-state index < -0.39 is 0 Å². The Morgan fingerprint density at radius 3 is 2.64 bits per heavy atom. The molecule has 3 nitrogen and oxygen atoms in total. The van der Waals surface area contributed by atoms with Crippen molar-refractivity contribution in [1.82, 2.24) is 0 Å². The first-order valence-corrected chi connectivity index (χ1v) is 4.09. The van der Waals surface area contributed by atoms with Gasteiger partial charge in [-0.25, -0.2) is 0 Å². The van der Waals surface area contributed by atoms with Crippen molar-refractivity contribution < 1.29 is 4.79 Å². The number of hydrogen-bond acceptors (Lipinski definition) is 3. The minimum Gasteiger partial charge on any atom is -0.298 e. The molecule has 0 aliphatic heterocycles. The largest absolute Gasteiger partial charge is 0.298 e. The molecule has 0 aliphatic rings. The van der Waals surface area contributed by atoms with Gasteiger partial charge in [0, 0.05) is 5.56 Å². The molecule has 0 saturated carbocycles. The number of rotatable bonds is 2. The smallest absolute Gasteiger partial charge is 0.151 e. The summed E-state index contributed by atoms with van der Waals surface area (Å²) < 4.78 is 0. The van der Waals surface area contributed by atoms with Gasteiger partial charge in [0.1, 0.15) is 6.07 Å². The summed E-state index contributed by atoms with van der Waals surface area (Å²) in [6.45, 7) is 1.77. The molecule has 0 fully saturated rings. The average molecular weight is 184 g/mol. The molecule has 1 aromatic carbocycles. The van der Waals surface area contributed by atoms with Crippen LogP contribution in [0, 0.1) is 29.6 Å². The Balaban J connectivity index is 3.44. The van der Waals surface area contributed by atoms with Crippen LogP contribution >= 0.6 is 0 Å². The van der Waals surface area contributed by atoms with Crippen LogP contribution < -0.4 is 0 Å². The van der Waals surface area contributed by atoms with E-state index in [-0.39, 0.29) is 6.42 Å². The first kappa shape index (κ1) is 9.95. The van der Waals surface area contributed by atoms with Gasteiger partial charge in [0.15, 0.2) is 6.29 Å². The van der Waals surface area contributed by atoms with E-state index in [0.29, 0.717) is 23.0 Å². The van der Waals surface area contributed by atoms with Gasteiger partial charge in [-0.15, -0.1) is 0 Å². The third kappa shape index (κ3) is 1.62. The predicted molar refractivity (Wildman–Crippen MR) is 50.6 cm³/mol. The molecule has 0 bridgehead atoms. The number of hydrogen-bond donors (Lipinski definition) is 0. The maximum atomic E-state index is 10.8. The summed E-state index contributed by atoms with van der Waals surface area (Å²) in [5, 5.41) is 17.4. The molecule has 0 amide bonds. The normalized spacial score (nSPS) is 8.79. The van der Waals surface area contributed by atoms with Crippen LogP contribution in [-0.4, -0.2) is 6.29 Å². The van der Waals surface area contributed by atoms with Crippen molar-refractivity contribution in [3.05, 3.63) is 34.4 Å². The Kier molecular flexibility index (Phi) is 2.99. The van der Waals surface area contributed by atoms with Gasteiger partial charge in [-0.05, 0) is 18.1 Å². The van der Waals surface area contributed by atoms with E-state index in [2.05, 4.69) is 0 Å². The molecular formula is C11H8N2O. The molecule has 0 spiro atoms. The predicted octanol–water partition coefficient (Wildman–Crippen LogP) is 1.75. The number of carbonyl (C=O) groups is 1. The minimum absolute atomic E-state index is 0.156. The third-order valence-electron chi connectivity index (χ3n) is 2.04. The van der Waals surface area contributed by atoms with Gasteiger partial charge in [-0.1, -0.05) is 12.1 Å². The van der Waals surface area contributed by atoms with Crippen molar-refractivity contribution in [2.75, 3.05) is 0 Å². The number of aryl methyl sites for hydroxylation is 1. The lowest BCUT2D eigenvalue weighted by molar-refractivity contribution is 0.112. The monoisotopic (exact) mass is 184 g/mol. The van der Waals surface area contributed by atoms with E-state index in [4.69, 9.17) is 10.5 Å². The summed E-state index contributed by atoms with van der Waals surface area (Å²) in [7, 11) is 0. The number of nitrogens with zero attached hydrogens (tertiary/aromatic N) is 2. The quantitative estimate of drug-likeness (QED) is 0.657. The molecule has 0 N–H and O–H groups in total. The van der Waals surface area contributed by atoms with E-state index in [9.17, 15) is 4.79 Å². The molecule has 68 valence electrons. The molecule has 1 rings (SSSR count). The number of aldehydes is 1. The van der Waals surface area contributed by atoms with Gasteiger partial charge in [-0.3, -0.25) is 4.79 Å². The minimum atomic E-state index is 0.156. The highest BCUT2D eigenvalue weighted by Crippen LogP contribution is 2.16. The van der Waals surface area contributed by atoms with Crippen molar-refractivity contribution in [2.24, 2.45) is 0 Å². The molecular weight excluding hydrogens is 176 g/mol. The lowest BCUT2D eigenvalue weighted by Gasteiger charge is -2.04. The summed E-state index contributed by atoms with van der Waals surface area (Å²) in [5.41, 5.74) is 2.09. The fourth-order valence-corrected chi connectivity index (χ4v) is 1.29. The lowest BCUT2D eigenvalue weighted by Crippen LogP contribution is -1.98. The summed E-state index contributed by atoms with van der Waals surface area (Å²) in [6.07, 6.45) is 0.793. The van der Waals surface area contributed by atoms with E-state index in [1.54, 1.807) is 19.1 Å². The zero-order chi connectivity index (χ0) is 10.6. The Hall–Kier alpha value is -2.13. The number of benzene rings is 1. The van der Waals surface area contributed by atoms with Crippen LogP contribution in [0.1, 0.15) is 27.0 Å². The van der Waals surface area contributed by atoms with Crippen LogP contribution in [0.3, 0.4) is 0 Å². The second-order valence-corrected chi connectivity index (χ2v) is 2.89. The zero-order valence-electron chi connectivity index (χ0n) is 7.74. The standard InChI is InChI=1S/C11H8N2O/c1-8-2-3-9(4-5-12)11(7-14)10(8)6-13/h2-3,7H,4H2,1H3. The Morgan fingerprint density at radius 2 is 2.14 bits per heavy atom. The van der Waals surface area contributed by atoms with Crippen LogP contribution in [0.25, 0.3) is 0 Å². The Labute approximate surface area is 82.2 Å². The van der Waals surface area contributed by atoms with Crippen molar-refractivity contribution >= 4 is 6.29 Å². The molecule has 0 saturated heterocycles.